The van der Waals surface area contributed by atoms with Crippen LogP contribution in [-0.4, -0.2) is 19.6 Å². The van der Waals surface area contributed by atoms with E-state index in [1.54, 1.807) is 12.5 Å². The normalized spacial score (nSPS) is 11.1. The number of pyridine rings is 2. The molecule has 0 saturated carbocycles. The molecule has 3 heterocycles. The van der Waals surface area contributed by atoms with Gasteiger partial charge in [-0.3, -0.25) is 9.38 Å². The van der Waals surface area contributed by atoms with Crippen molar-refractivity contribution in [2.24, 2.45) is 0 Å². The van der Waals surface area contributed by atoms with E-state index in [1.807, 2.05) is 28.9 Å². The van der Waals surface area contributed by atoms with Gasteiger partial charge in [-0.05, 0) is 12.1 Å². The smallest absolute Gasteiger partial charge is 0.168 e. The zero-order chi connectivity index (χ0) is 8.67. The topological polar surface area (TPSA) is 43.1 Å². The van der Waals surface area contributed by atoms with E-state index in [1.165, 1.54) is 0 Å². The molecule has 0 amide bonds. The number of nitrogens with zero attached hydrogens (tertiary/aromatic N) is 4. The maximum atomic E-state index is 4.05. The van der Waals surface area contributed by atoms with E-state index in [0.717, 1.165) is 16.4 Å². The van der Waals surface area contributed by atoms with Crippen LogP contribution in [0.2, 0.25) is 0 Å². The third-order valence-electron chi connectivity index (χ3n) is 2.08. The molecule has 4 heteroatoms. The highest BCUT2D eigenvalue weighted by Gasteiger charge is 2.00. The lowest BCUT2D eigenvalue weighted by atomic mass is 10.2. The first kappa shape index (κ1) is 6.54. The molecule has 3 aromatic rings. The zero-order valence-corrected chi connectivity index (χ0v) is 6.75. The number of rotatable bonds is 0. The van der Waals surface area contributed by atoms with E-state index in [2.05, 4.69) is 15.2 Å². The van der Waals surface area contributed by atoms with Crippen molar-refractivity contribution in [1.29, 1.82) is 0 Å². The first-order chi connectivity index (χ1) is 6.45. The Morgan fingerprint density at radius 2 is 2.23 bits per heavy atom. The average molecular weight is 170 g/mol. The van der Waals surface area contributed by atoms with Crippen molar-refractivity contribution in [3.8, 4) is 0 Å². The van der Waals surface area contributed by atoms with Crippen LogP contribution >= 0.6 is 0 Å². The summed E-state index contributed by atoms with van der Waals surface area (Å²) in [5.74, 6) is 0. The highest BCUT2D eigenvalue weighted by molar-refractivity contribution is 5.92. The molecule has 0 N–H and O–H groups in total. The largest absolute Gasteiger partial charge is 0.289 e. The number of fused-ring (bicyclic) bond motifs is 3. The van der Waals surface area contributed by atoms with Gasteiger partial charge in [-0.2, -0.15) is 0 Å². The van der Waals surface area contributed by atoms with Gasteiger partial charge in [0.1, 0.15) is 6.33 Å². The summed E-state index contributed by atoms with van der Waals surface area (Å²) >= 11 is 0. The van der Waals surface area contributed by atoms with Crippen molar-refractivity contribution >= 4 is 16.4 Å². The fraction of sp³-hybridized carbons (Fsp3) is 0. The predicted octanol–water partition coefficient (Wildman–Crippen LogP) is 1.28. The Hall–Kier alpha value is -1.97. The number of aromatic nitrogens is 4. The van der Waals surface area contributed by atoms with E-state index in [-0.39, 0.29) is 0 Å². The van der Waals surface area contributed by atoms with Crippen LogP contribution in [-0.2, 0) is 0 Å². The first-order valence-corrected chi connectivity index (χ1v) is 3.97. The summed E-state index contributed by atoms with van der Waals surface area (Å²) in [7, 11) is 0. The van der Waals surface area contributed by atoms with Gasteiger partial charge in [0.2, 0.25) is 0 Å². The maximum absolute atomic E-state index is 4.05. The number of hydrogen-bond acceptors (Lipinski definition) is 3. The van der Waals surface area contributed by atoms with Gasteiger partial charge < -0.3 is 0 Å². The van der Waals surface area contributed by atoms with E-state index in [4.69, 9.17) is 0 Å². The molecule has 0 aliphatic rings. The van der Waals surface area contributed by atoms with Crippen LogP contribution < -0.4 is 0 Å². The molecular formula is C9H6N4. The van der Waals surface area contributed by atoms with Gasteiger partial charge >= 0.3 is 0 Å². The molecule has 62 valence electrons. The minimum absolute atomic E-state index is 0.875. The summed E-state index contributed by atoms with van der Waals surface area (Å²) in [6.07, 6.45) is 7.20. The molecule has 13 heavy (non-hydrogen) atoms. The lowest BCUT2D eigenvalue weighted by molar-refractivity contribution is 1.10. The summed E-state index contributed by atoms with van der Waals surface area (Å²) in [5.41, 5.74) is 0.875. The second-order valence-electron chi connectivity index (χ2n) is 2.84. The Balaban J connectivity index is 2.65. The molecule has 0 fully saturated rings. The molecular weight excluding hydrogens is 164 g/mol. The van der Waals surface area contributed by atoms with Gasteiger partial charge in [-0.1, -0.05) is 0 Å². The monoisotopic (exact) mass is 170 g/mol. The van der Waals surface area contributed by atoms with Crippen molar-refractivity contribution in [3.05, 3.63) is 37.1 Å². The van der Waals surface area contributed by atoms with Crippen LogP contribution in [0.3, 0.4) is 0 Å². The SMILES string of the molecule is c1cc2c(ccn3cnnc23)cn1. The molecule has 0 aromatic carbocycles. The fourth-order valence-electron chi connectivity index (χ4n) is 1.45. The predicted molar refractivity (Wildman–Crippen MR) is 48.3 cm³/mol. The Kier molecular flexibility index (Phi) is 1.14. The lowest BCUT2D eigenvalue weighted by Crippen LogP contribution is -1.84. The van der Waals surface area contributed by atoms with Crippen molar-refractivity contribution in [1.82, 2.24) is 19.6 Å². The standard InChI is InChI=1S/C9H6N4/c1-3-10-5-7-2-4-13-6-11-12-9(13)8(1)7/h1-6H. The van der Waals surface area contributed by atoms with Gasteiger partial charge in [0.25, 0.3) is 0 Å². The molecule has 0 unspecified atom stereocenters. The molecule has 0 saturated heterocycles. The zero-order valence-electron chi connectivity index (χ0n) is 6.75. The van der Waals surface area contributed by atoms with E-state index < -0.39 is 0 Å². The van der Waals surface area contributed by atoms with Crippen LogP contribution in [0.1, 0.15) is 0 Å². The van der Waals surface area contributed by atoms with Gasteiger partial charge in [-0.15, -0.1) is 10.2 Å². The Morgan fingerprint density at radius 1 is 1.23 bits per heavy atom. The van der Waals surface area contributed by atoms with Crippen molar-refractivity contribution in [2.45, 2.75) is 0 Å². The molecule has 3 aromatic heterocycles. The van der Waals surface area contributed by atoms with Crippen molar-refractivity contribution < 1.29 is 0 Å². The van der Waals surface area contributed by atoms with E-state index in [9.17, 15) is 0 Å². The second kappa shape index (κ2) is 2.26. The molecule has 0 bridgehead atoms. The molecule has 0 atom stereocenters. The van der Waals surface area contributed by atoms with Crippen LogP contribution in [0.5, 0.6) is 0 Å². The Morgan fingerprint density at radius 3 is 3.23 bits per heavy atom. The maximum Gasteiger partial charge on any atom is 0.168 e. The van der Waals surface area contributed by atoms with Crippen molar-refractivity contribution in [2.75, 3.05) is 0 Å². The molecule has 4 nitrogen and oxygen atoms in total. The molecule has 3 rings (SSSR count). The second-order valence-corrected chi connectivity index (χ2v) is 2.84. The van der Waals surface area contributed by atoms with Crippen LogP contribution in [0, 0.1) is 0 Å². The molecule has 0 radical (unpaired) electrons. The van der Waals surface area contributed by atoms with Crippen molar-refractivity contribution in [3.63, 3.8) is 0 Å². The average Bonchev–Trinajstić information content (AvgIpc) is 2.65. The van der Waals surface area contributed by atoms with Crippen LogP contribution in [0.25, 0.3) is 16.4 Å². The van der Waals surface area contributed by atoms with Gasteiger partial charge in [0.15, 0.2) is 5.65 Å². The van der Waals surface area contributed by atoms with E-state index in [0.29, 0.717) is 0 Å². The Bertz CT molecular complexity index is 570. The molecule has 0 aliphatic heterocycles. The van der Waals surface area contributed by atoms with Gasteiger partial charge in [-0.25, -0.2) is 0 Å². The minimum atomic E-state index is 0.875. The quantitative estimate of drug-likeness (QED) is 0.510. The summed E-state index contributed by atoms with van der Waals surface area (Å²) in [6, 6.07) is 3.94. The van der Waals surface area contributed by atoms with Crippen LogP contribution in [0.4, 0.5) is 0 Å². The minimum Gasteiger partial charge on any atom is -0.289 e. The molecule has 0 spiro atoms. The summed E-state index contributed by atoms with van der Waals surface area (Å²) in [6.45, 7) is 0. The third kappa shape index (κ3) is 0.823. The summed E-state index contributed by atoms with van der Waals surface area (Å²) in [5, 5.41) is 10.0. The van der Waals surface area contributed by atoms with Gasteiger partial charge in [0.05, 0.1) is 0 Å². The fourth-order valence-corrected chi connectivity index (χ4v) is 1.45. The summed E-state index contributed by atoms with van der Waals surface area (Å²) < 4.78 is 1.89. The summed E-state index contributed by atoms with van der Waals surface area (Å²) in [4.78, 5) is 4.05. The Labute approximate surface area is 73.9 Å². The number of hydrogen-bond donors (Lipinski definition) is 0. The lowest BCUT2D eigenvalue weighted by Gasteiger charge is -1.97. The van der Waals surface area contributed by atoms with E-state index >= 15 is 0 Å². The third-order valence-corrected chi connectivity index (χ3v) is 2.08. The highest BCUT2D eigenvalue weighted by Crippen LogP contribution is 2.15. The van der Waals surface area contributed by atoms with Gasteiger partial charge in [0, 0.05) is 29.4 Å². The molecule has 0 aliphatic carbocycles. The highest BCUT2D eigenvalue weighted by atomic mass is 15.2. The first-order valence-electron chi connectivity index (χ1n) is 3.97. The van der Waals surface area contributed by atoms with Crippen LogP contribution in [0.15, 0.2) is 37.1 Å².